The van der Waals surface area contributed by atoms with Gasteiger partial charge in [0.25, 0.3) is 5.91 Å². The van der Waals surface area contributed by atoms with E-state index in [9.17, 15) is 4.79 Å². The Morgan fingerprint density at radius 3 is 2.85 bits per heavy atom. The summed E-state index contributed by atoms with van der Waals surface area (Å²) < 4.78 is 0. The first-order chi connectivity index (χ1) is 9.72. The predicted molar refractivity (Wildman–Crippen MR) is 79.0 cm³/mol. The number of amides is 1. The number of anilines is 1. The van der Waals surface area contributed by atoms with Crippen LogP contribution in [0.3, 0.4) is 0 Å². The highest BCUT2D eigenvalue weighted by Crippen LogP contribution is 2.29. The van der Waals surface area contributed by atoms with E-state index >= 15 is 0 Å². The number of nitrogens with zero attached hydrogens (tertiary/aromatic N) is 1. The molecule has 3 heterocycles. The average Bonchev–Trinajstić information content (AvgIpc) is 3.10. The first kappa shape index (κ1) is 13.0. The summed E-state index contributed by atoms with van der Waals surface area (Å²) in [7, 11) is 2.16. The Kier molecular flexibility index (Phi) is 3.60. The second kappa shape index (κ2) is 5.54. The normalized spacial score (nSPS) is 17.2. The summed E-state index contributed by atoms with van der Waals surface area (Å²) in [5.41, 5.74) is 1.93. The van der Waals surface area contributed by atoms with Gasteiger partial charge in [-0.1, -0.05) is 0 Å². The Hall–Kier alpha value is -2.01. The Morgan fingerprint density at radius 2 is 2.15 bits per heavy atom. The summed E-state index contributed by atoms with van der Waals surface area (Å²) >= 11 is 0. The summed E-state index contributed by atoms with van der Waals surface area (Å²) in [6, 6.07) is 3.82. The van der Waals surface area contributed by atoms with E-state index in [4.69, 9.17) is 0 Å². The first-order valence-electron chi connectivity index (χ1n) is 7.03. The monoisotopic (exact) mass is 272 g/mol. The zero-order chi connectivity index (χ0) is 13.9. The van der Waals surface area contributed by atoms with Gasteiger partial charge in [-0.2, -0.15) is 0 Å². The fourth-order valence-electron chi connectivity index (χ4n) is 2.72. The number of aromatic nitrogens is 2. The molecule has 1 fully saturated rings. The van der Waals surface area contributed by atoms with Gasteiger partial charge in [-0.15, -0.1) is 0 Å². The van der Waals surface area contributed by atoms with Crippen LogP contribution in [0.1, 0.15) is 34.7 Å². The van der Waals surface area contributed by atoms with Crippen molar-refractivity contribution in [2.45, 2.75) is 18.8 Å². The number of H-pyrrole nitrogens is 2. The van der Waals surface area contributed by atoms with E-state index in [1.54, 1.807) is 18.5 Å². The molecule has 20 heavy (non-hydrogen) atoms. The summed E-state index contributed by atoms with van der Waals surface area (Å²) in [5, 5.41) is 2.89. The molecule has 1 amide bonds. The van der Waals surface area contributed by atoms with Crippen molar-refractivity contribution in [3.63, 3.8) is 0 Å². The largest absolute Gasteiger partial charge is 0.367 e. The number of hydrogen-bond acceptors (Lipinski definition) is 2. The van der Waals surface area contributed by atoms with Gasteiger partial charge in [0, 0.05) is 18.6 Å². The maximum absolute atomic E-state index is 11.9. The molecule has 0 aromatic carbocycles. The molecule has 0 atom stereocenters. The van der Waals surface area contributed by atoms with Crippen molar-refractivity contribution in [1.82, 2.24) is 14.9 Å². The van der Waals surface area contributed by atoms with Gasteiger partial charge in [0.2, 0.25) is 0 Å². The van der Waals surface area contributed by atoms with Crippen LogP contribution in [0, 0.1) is 0 Å². The lowest BCUT2D eigenvalue weighted by molar-refractivity contribution is 0.102. The van der Waals surface area contributed by atoms with Gasteiger partial charge >= 0.3 is 0 Å². The predicted octanol–water partition coefficient (Wildman–Crippen LogP) is 2.40. The van der Waals surface area contributed by atoms with Gasteiger partial charge in [0.05, 0.1) is 5.56 Å². The fraction of sp³-hybridized carbons (Fsp3) is 0.400. The van der Waals surface area contributed by atoms with Crippen molar-refractivity contribution in [2.75, 3.05) is 25.5 Å². The zero-order valence-corrected chi connectivity index (χ0v) is 11.6. The third-order valence-corrected chi connectivity index (χ3v) is 4.00. The van der Waals surface area contributed by atoms with Crippen molar-refractivity contribution in [3.05, 3.63) is 41.9 Å². The highest BCUT2D eigenvalue weighted by molar-refractivity contribution is 6.03. The van der Waals surface area contributed by atoms with E-state index < -0.39 is 0 Å². The van der Waals surface area contributed by atoms with Crippen LogP contribution in [0.15, 0.2) is 30.7 Å². The highest BCUT2D eigenvalue weighted by Gasteiger charge is 2.19. The van der Waals surface area contributed by atoms with E-state index in [0.717, 1.165) is 18.9 Å². The molecule has 5 heteroatoms. The van der Waals surface area contributed by atoms with Crippen molar-refractivity contribution in [3.8, 4) is 0 Å². The second-order valence-electron chi connectivity index (χ2n) is 5.48. The summed E-state index contributed by atoms with van der Waals surface area (Å²) in [6.45, 7) is 2.28. The quantitative estimate of drug-likeness (QED) is 0.803. The first-order valence-corrected chi connectivity index (χ1v) is 7.03. The van der Waals surface area contributed by atoms with Gasteiger partial charge in [0.1, 0.15) is 5.82 Å². The molecule has 3 rings (SSSR count). The Labute approximate surface area is 118 Å². The molecule has 0 unspecified atom stereocenters. The molecule has 3 N–H and O–H groups in total. The molecular weight excluding hydrogens is 252 g/mol. The van der Waals surface area contributed by atoms with Crippen molar-refractivity contribution >= 4 is 11.7 Å². The minimum atomic E-state index is -0.0944. The maximum Gasteiger partial charge on any atom is 0.258 e. The molecule has 0 radical (unpaired) electrons. The van der Waals surface area contributed by atoms with Crippen molar-refractivity contribution in [2.24, 2.45) is 0 Å². The number of piperidine rings is 1. The van der Waals surface area contributed by atoms with Crippen LogP contribution in [-0.4, -0.2) is 40.9 Å². The van der Waals surface area contributed by atoms with Crippen molar-refractivity contribution < 1.29 is 4.79 Å². The van der Waals surface area contributed by atoms with Gasteiger partial charge in [0.15, 0.2) is 0 Å². The van der Waals surface area contributed by atoms with Crippen LogP contribution in [0.4, 0.5) is 5.82 Å². The number of hydrogen-bond donors (Lipinski definition) is 3. The minimum absolute atomic E-state index is 0.0944. The Morgan fingerprint density at radius 1 is 1.35 bits per heavy atom. The smallest absolute Gasteiger partial charge is 0.258 e. The van der Waals surface area contributed by atoms with Crippen LogP contribution in [0.2, 0.25) is 0 Å². The van der Waals surface area contributed by atoms with E-state index in [1.165, 1.54) is 18.4 Å². The topological polar surface area (TPSA) is 63.9 Å². The number of carbonyl (C=O) groups is 1. The number of nitrogens with one attached hydrogen (secondary N) is 3. The van der Waals surface area contributed by atoms with Gasteiger partial charge < -0.3 is 20.2 Å². The lowest BCUT2D eigenvalue weighted by Gasteiger charge is -2.28. The molecule has 0 bridgehead atoms. The van der Waals surface area contributed by atoms with E-state index in [-0.39, 0.29) is 5.91 Å². The molecule has 1 aliphatic heterocycles. The van der Waals surface area contributed by atoms with Gasteiger partial charge in [-0.25, -0.2) is 0 Å². The summed E-state index contributed by atoms with van der Waals surface area (Å²) in [5.74, 6) is 1.27. The third kappa shape index (κ3) is 2.77. The summed E-state index contributed by atoms with van der Waals surface area (Å²) in [6.07, 6.45) is 7.81. The molecule has 5 nitrogen and oxygen atoms in total. The zero-order valence-electron chi connectivity index (χ0n) is 11.6. The van der Waals surface area contributed by atoms with E-state index in [1.807, 2.05) is 6.20 Å². The number of likely N-dealkylation sites (tertiary alicyclic amines) is 1. The van der Waals surface area contributed by atoms with Crippen LogP contribution in [-0.2, 0) is 0 Å². The highest BCUT2D eigenvalue weighted by atomic mass is 16.1. The molecule has 0 spiro atoms. The lowest BCUT2D eigenvalue weighted by Crippen LogP contribution is -2.29. The maximum atomic E-state index is 11.9. The number of carbonyl (C=O) groups excluding carboxylic acids is 1. The molecule has 106 valence electrons. The molecular formula is C15H20N4O. The Bertz CT molecular complexity index is 564. The number of rotatable bonds is 3. The lowest BCUT2D eigenvalue weighted by atomic mass is 9.91. The van der Waals surface area contributed by atoms with Gasteiger partial charge in [-0.3, -0.25) is 4.79 Å². The van der Waals surface area contributed by atoms with Crippen LogP contribution < -0.4 is 5.32 Å². The fourth-order valence-corrected chi connectivity index (χ4v) is 2.72. The van der Waals surface area contributed by atoms with Crippen LogP contribution in [0.25, 0.3) is 0 Å². The molecule has 2 aromatic rings. The van der Waals surface area contributed by atoms with Gasteiger partial charge in [-0.05, 0) is 56.6 Å². The summed E-state index contributed by atoms with van der Waals surface area (Å²) in [4.78, 5) is 20.3. The standard InChI is InChI=1S/C15H20N4O/c1-19-6-3-11(4-7-19)13-8-14(17-10-13)18-15(20)12-2-5-16-9-12/h2,5,8-11,16-17H,3-4,6-7H2,1H3,(H,18,20). The average molecular weight is 272 g/mol. The second-order valence-corrected chi connectivity index (χ2v) is 5.48. The SMILES string of the molecule is CN1CCC(c2c[nH]c(NC(=O)c3cc[nH]c3)c2)CC1. The van der Waals surface area contributed by atoms with Crippen molar-refractivity contribution in [1.29, 1.82) is 0 Å². The molecule has 2 aromatic heterocycles. The number of aromatic amines is 2. The third-order valence-electron chi connectivity index (χ3n) is 4.00. The Balaban J connectivity index is 1.63. The minimum Gasteiger partial charge on any atom is -0.367 e. The molecule has 1 saturated heterocycles. The van der Waals surface area contributed by atoms with E-state index in [2.05, 4.69) is 33.3 Å². The molecule has 1 aliphatic rings. The van der Waals surface area contributed by atoms with Crippen LogP contribution in [0.5, 0.6) is 0 Å². The van der Waals surface area contributed by atoms with E-state index in [0.29, 0.717) is 11.5 Å². The molecule has 0 saturated carbocycles. The molecule has 0 aliphatic carbocycles. The van der Waals surface area contributed by atoms with Crippen LogP contribution >= 0.6 is 0 Å².